The molecule has 6 heteroatoms. The third-order valence-electron chi connectivity index (χ3n) is 4.51. The highest BCUT2D eigenvalue weighted by Crippen LogP contribution is 2.34. The summed E-state index contributed by atoms with van der Waals surface area (Å²) >= 11 is 6.03. The summed E-state index contributed by atoms with van der Waals surface area (Å²) in [5.41, 5.74) is 1.13. The lowest BCUT2D eigenvalue weighted by Gasteiger charge is -2.24. The van der Waals surface area contributed by atoms with Gasteiger partial charge < -0.3 is 14.8 Å². The van der Waals surface area contributed by atoms with Gasteiger partial charge in [0.15, 0.2) is 11.5 Å². The van der Waals surface area contributed by atoms with E-state index in [-0.39, 0.29) is 34.9 Å². The summed E-state index contributed by atoms with van der Waals surface area (Å²) in [7, 11) is 0. The molecule has 2 aromatic rings. The highest BCUT2D eigenvalue weighted by Gasteiger charge is 2.22. The van der Waals surface area contributed by atoms with E-state index >= 15 is 0 Å². The van der Waals surface area contributed by atoms with Crippen LogP contribution in [0.25, 0.3) is 0 Å². The fourth-order valence-electron chi connectivity index (χ4n) is 3.09. The van der Waals surface area contributed by atoms with Crippen LogP contribution in [-0.2, 0) is 11.2 Å². The summed E-state index contributed by atoms with van der Waals surface area (Å²) in [6.45, 7) is 5.26. The summed E-state index contributed by atoms with van der Waals surface area (Å²) in [5, 5.41) is 3.25. The first kappa shape index (κ1) is 19.5. The van der Waals surface area contributed by atoms with Crippen LogP contribution >= 0.6 is 11.6 Å². The molecule has 1 heterocycles. The standard InChI is InChI=1S/C21H23ClFNO3/c1-13(2)21(14-7-8-18-19(11-14)27-10-4-9-26-18)24-20(25)12-15-16(22)5-3-6-17(15)23/h3,5-8,11,13,21H,4,9-10,12H2,1-2H3,(H,24,25)/t21-/m0/s1. The monoisotopic (exact) mass is 391 g/mol. The van der Waals surface area contributed by atoms with E-state index in [1.54, 1.807) is 6.07 Å². The normalized spacial score (nSPS) is 14.6. The maximum absolute atomic E-state index is 14.0. The van der Waals surface area contributed by atoms with Gasteiger partial charge in [0, 0.05) is 17.0 Å². The van der Waals surface area contributed by atoms with E-state index in [4.69, 9.17) is 21.1 Å². The minimum absolute atomic E-state index is 0.112. The first-order valence-corrected chi connectivity index (χ1v) is 9.45. The van der Waals surface area contributed by atoms with Crippen molar-refractivity contribution in [2.45, 2.75) is 32.7 Å². The molecule has 0 saturated heterocycles. The van der Waals surface area contributed by atoms with E-state index < -0.39 is 5.82 Å². The second kappa shape index (κ2) is 8.61. The van der Waals surface area contributed by atoms with Gasteiger partial charge in [-0.25, -0.2) is 4.39 Å². The van der Waals surface area contributed by atoms with Crippen molar-refractivity contribution in [1.29, 1.82) is 0 Å². The van der Waals surface area contributed by atoms with E-state index in [9.17, 15) is 9.18 Å². The predicted octanol–water partition coefficient (Wildman–Crippen LogP) is 4.70. The van der Waals surface area contributed by atoms with Gasteiger partial charge in [-0.15, -0.1) is 0 Å². The van der Waals surface area contributed by atoms with Gasteiger partial charge in [-0.3, -0.25) is 4.79 Å². The van der Waals surface area contributed by atoms with Gasteiger partial charge in [-0.05, 0) is 35.7 Å². The first-order chi connectivity index (χ1) is 13.0. The van der Waals surface area contributed by atoms with Gasteiger partial charge in [-0.1, -0.05) is 37.6 Å². The number of hydrogen-bond donors (Lipinski definition) is 1. The number of ether oxygens (including phenoxy) is 2. The molecule has 4 nitrogen and oxygen atoms in total. The van der Waals surface area contributed by atoms with Gasteiger partial charge in [0.05, 0.1) is 25.7 Å². The number of benzene rings is 2. The molecule has 0 spiro atoms. The van der Waals surface area contributed by atoms with Crippen LogP contribution in [0.15, 0.2) is 36.4 Å². The summed E-state index contributed by atoms with van der Waals surface area (Å²) < 4.78 is 25.4. The number of fused-ring (bicyclic) bond motifs is 1. The molecule has 0 aromatic heterocycles. The minimum atomic E-state index is -0.477. The zero-order valence-electron chi connectivity index (χ0n) is 15.4. The molecule has 1 amide bonds. The Morgan fingerprint density at radius 2 is 1.93 bits per heavy atom. The van der Waals surface area contributed by atoms with Gasteiger partial charge in [-0.2, -0.15) is 0 Å². The van der Waals surface area contributed by atoms with Crippen LogP contribution in [0.4, 0.5) is 4.39 Å². The Morgan fingerprint density at radius 3 is 2.63 bits per heavy atom. The summed E-state index contributed by atoms with van der Waals surface area (Å²) in [6, 6.07) is 9.87. The van der Waals surface area contributed by atoms with Crippen molar-refractivity contribution < 1.29 is 18.7 Å². The molecule has 1 aliphatic rings. The number of halogens is 2. The highest BCUT2D eigenvalue weighted by atomic mass is 35.5. The number of rotatable bonds is 5. The first-order valence-electron chi connectivity index (χ1n) is 9.07. The molecule has 27 heavy (non-hydrogen) atoms. The highest BCUT2D eigenvalue weighted by molar-refractivity contribution is 6.31. The molecule has 0 unspecified atom stereocenters. The van der Waals surface area contributed by atoms with Gasteiger partial charge in [0.25, 0.3) is 0 Å². The Kier molecular flexibility index (Phi) is 6.22. The van der Waals surface area contributed by atoms with Crippen molar-refractivity contribution >= 4 is 17.5 Å². The fourth-order valence-corrected chi connectivity index (χ4v) is 3.32. The SMILES string of the molecule is CC(C)[C@H](NC(=O)Cc1c(F)cccc1Cl)c1ccc2c(c1)OCCCO2. The molecule has 0 radical (unpaired) electrons. The van der Waals surface area contributed by atoms with E-state index in [1.165, 1.54) is 12.1 Å². The van der Waals surface area contributed by atoms with Crippen LogP contribution in [-0.4, -0.2) is 19.1 Å². The Balaban J connectivity index is 1.78. The second-order valence-electron chi connectivity index (χ2n) is 6.92. The number of carbonyl (C=O) groups excluding carboxylic acids is 1. The maximum Gasteiger partial charge on any atom is 0.225 e. The quantitative estimate of drug-likeness (QED) is 0.803. The van der Waals surface area contributed by atoms with Gasteiger partial charge in [0.1, 0.15) is 5.82 Å². The molecule has 2 aromatic carbocycles. The number of carbonyl (C=O) groups is 1. The van der Waals surface area contributed by atoms with E-state index in [2.05, 4.69) is 5.32 Å². The molecule has 1 aliphatic heterocycles. The van der Waals surface area contributed by atoms with Crippen LogP contribution in [0.5, 0.6) is 11.5 Å². The minimum Gasteiger partial charge on any atom is -0.490 e. The maximum atomic E-state index is 14.0. The van der Waals surface area contributed by atoms with E-state index in [0.717, 1.165) is 12.0 Å². The third kappa shape index (κ3) is 4.72. The molecule has 1 atom stereocenters. The molecular weight excluding hydrogens is 369 g/mol. The van der Waals surface area contributed by atoms with Crippen molar-refractivity contribution in [3.8, 4) is 11.5 Å². The van der Waals surface area contributed by atoms with Crippen molar-refractivity contribution in [3.05, 3.63) is 58.4 Å². The Morgan fingerprint density at radius 1 is 1.19 bits per heavy atom. The van der Waals surface area contributed by atoms with E-state index in [0.29, 0.717) is 24.7 Å². The van der Waals surface area contributed by atoms with Crippen LogP contribution < -0.4 is 14.8 Å². The molecule has 3 rings (SSSR count). The average Bonchev–Trinajstić information content (AvgIpc) is 2.87. The molecule has 0 aliphatic carbocycles. The van der Waals surface area contributed by atoms with Gasteiger partial charge >= 0.3 is 0 Å². The smallest absolute Gasteiger partial charge is 0.225 e. The largest absolute Gasteiger partial charge is 0.490 e. The average molecular weight is 392 g/mol. The van der Waals surface area contributed by atoms with Crippen molar-refractivity contribution in [1.82, 2.24) is 5.32 Å². The second-order valence-corrected chi connectivity index (χ2v) is 7.33. The van der Waals surface area contributed by atoms with Crippen LogP contribution in [0.3, 0.4) is 0 Å². The van der Waals surface area contributed by atoms with Crippen LogP contribution in [0.1, 0.15) is 37.4 Å². The van der Waals surface area contributed by atoms with Crippen molar-refractivity contribution in [3.63, 3.8) is 0 Å². The third-order valence-corrected chi connectivity index (χ3v) is 4.87. The molecule has 0 saturated carbocycles. The number of nitrogens with one attached hydrogen (secondary N) is 1. The van der Waals surface area contributed by atoms with Crippen molar-refractivity contribution in [2.75, 3.05) is 13.2 Å². The molecule has 1 N–H and O–H groups in total. The lowest BCUT2D eigenvalue weighted by molar-refractivity contribution is -0.121. The molecular formula is C21H23ClFNO3. The van der Waals surface area contributed by atoms with Crippen LogP contribution in [0, 0.1) is 11.7 Å². The fraction of sp³-hybridized carbons (Fsp3) is 0.381. The molecule has 0 bridgehead atoms. The van der Waals surface area contributed by atoms with Crippen molar-refractivity contribution in [2.24, 2.45) is 5.92 Å². The number of hydrogen-bond acceptors (Lipinski definition) is 3. The summed E-state index contributed by atoms with van der Waals surface area (Å²) in [5.74, 6) is 0.766. The zero-order chi connectivity index (χ0) is 19.4. The Labute approximate surface area is 163 Å². The Hall–Kier alpha value is -2.27. The molecule has 144 valence electrons. The van der Waals surface area contributed by atoms with E-state index in [1.807, 2.05) is 32.0 Å². The summed E-state index contributed by atoms with van der Waals surface area (Å²) in [6.07, 6.45) is 0.719. The number of amides is 1. The lowest BCUT2D eigenvalue weighted by Crippen LogP contribution is -2.33. The molecule has 0 fully saturated rings. The Bertz CT molecular complexity index is 805. The lowest BCUT2D eigenvalue weighted by atomic mass is 9.95. The topological polar surface area (TPSA) is 47.6 Å². The zero-order valence-corrected chi connectivity index (χ0v) is 16.2. The van der Waals surface area contributed by atoms with Gasteiger partial charge in [0.2, 0.25) is 5.91 Å². The summed E-state index contributed by atoms with van der Waals surface area (Å²) in [4.78, 5) is 12.6. The van der Waals surface area contributed by atoms with Crippen LogP contribution in [0.2, 0.25) is 5.02 Å². The predicted molar refractivity (Wildman–Crippen MR) is 103 cm³/mol.